The molecule has 0 radical (unpaired) electrons. The monoisotopic (exact) mass is 387 g/mol. The van der Waals surface area contributed by atoms with Crippen LogP contribution in [0.25, 0.3) is 10.9 Å². The van der Waals surface area contributed by atoms with Crippen LogP contribution in [0.2, 0.25) is 0 Å². The van der Waals surface area contributed by atoms with Crippen molar-refractivity contribution in [3.63, 3.8) is 0 Å². The standard InChI is InChI=1S/C19H21N5O2.ClH/c1-22-17-5-3-2-4-14(17)10-15(19(22)26)13-24-18(25)11-16(12-21-24)23-8-6-20-7-9-23;/h2-5,10-12,20H,6-9,13H2,1H3;1H. The Balaban J connectivity index is 0.00000210. The van der Waals surface area contributed by atoms with Crippen molar-refractivity contribution in [3.05, 3.63) is 68.9 Å². The van der Waals surface area contributed by atoms with E-state index in [1.165, 1.54) is 4.68 Å². The first kappa shape index (κ1) is 19.1. The fourth-order valence-electron chi connectivity index (χ4n) is 3.40. The number of hydrogen-bond donors (Lipinski definition) is 1. The average Bonchev–Trinajstić information content (AvgIpc) is 2.68. The molecule has 1 aliphatic rings. The molecule has 1 N–H and O–H groups in total. The summed E-state index contributed by atoms with van der Waals surface area (Å²) in [6.07, 6.45) is 1.71. The van der Waals surface area contributed by atoms with E-state index in [4.69, 9.17) is 0 Å². The second-order valence-corrected chi connectivity index (χ2v) is 6.54. The molecular formula is C19H22ClN5O2. The van der Waals surface area contributed by atoms with Gasteiger partial charge in [-0.1, -0.05) is 18.2 Å². The molecule has 2 aromatic heterocycles. The number of fused-ring (bicyclic) bond motifs is 1. The van der Waals surface area contributed by atoms with E-state index in [9.17, 15) is 9.59 Å². The first-order valence-electron chi connectivity index (χ1n) is 8.74. The van der Waals surface area contributed by atoms with E-state index < -0.39 is 0 Å². The molecule has 0 atom stereocenters. The van der Waals surface area contributed by atoms with Crippen molar-refractivity contribution in [1.29, 1.82) is 0 Å². The number of aryl methyl sites for hydroxylation is 1. The topological polar surface area (TPSA) is 72.2 Å². The number of halogens is 1. The molecule has 1 aliphatic heterocycles. The molecule has 142 valence electrons. The predicted molar refractivity (Wildman–Crippen MR) is 109 cm³/mol. The predicted octanol–water partition coefficient (Wildman–Crippen LogP) is 0.975. The van der Waals surface area contributed by atoms with Gasteiger partial charge >= 0.3 is 0 Å². The minimum absolute atomic E-state index is 0. The van der Waals surface area contributed by atoms with E-state index in [1.54, 1.807) is 23.9 Å². The average molecular weight is 388 g/mol. The van der Waals surface area contributed by atoms with Gasteiger partial charge in [-0.15, -0.1) is 12.4 Å². The zero-order chi connectivity index (χ0) is 18.1. The van der Waals surface area contributed by atoms with Crippen molar-refractivity contribution in [2.75, 3.05) is 31.1 Å². The maximum absolute atomic E-state index is 12.6. The van der Waals surface area contributed by atoms with Gasteiger partial charge in [-0.2, -0.15) is 5.10 Å². The van der Waals surface area contributed by atoms with E-state index in [0.717, 1.165) is 42.8 Å². The maximum Gasteiger partial charge on any atom is 0.269 e. The molecule has 0 spiro atoms. The van der Waals surface area contributed by atoms with E-state index in [-0.39, 0.29) is 30.1 Å². The minimum Gasteiger partial charge on any atom is -0.368 e. The van der Waals surface area contributed by atoms with Crippen LogP contribution in [0, 0.1) is 0 Å². The molecule has 0 amide bonds. The molecule has 1 fully saturated rings. The molecule has 0 saturated carbocycles. The first-order chi connectivity index (χ1) is 12.6. The quantitative estimate of drug-likeness (QED) is 0.725. The van der Waals surface area contributed by atoms with Gasteiger partial charge < -0.3 is 14.8 Å². The Morgan fingerprint density at radius 2 is 1.85 bits per heavy atom. The van der Waals surface area contributed by atoms with Crippen LogP contribution in [0.4, 0.5) is 5.69 Å². The Hall–Kier alpha value is -2.64. The Labute approximate surface area is 162 Å². The van der Waals surface area contributed by atoms with Crippen LogP contribution in [0.1, 0.15) is 5.56 Å². The van der Waals surface area contributed by atoms with Gasteiger partial charge in [0.1, 0.15) is 0 Å². The fourth-order valence-corrected chi connectivity index (χ4v) is 3.40. The third-order valence-electron chi connectivity index (χ3n) is 4.86. The SMILES string of the molecule is Cl.Cn1c(=O)c(Cn2ncc(N3CCNCC3)cc2=O)cc2ccccc21. The summed E-state index contributed by atoms with van der Waals surface area (Å²) in [7, 11) is 1.75. The second-order valence-electron chi connectivity index (χ2n) is 6.54. The van der Waals surface area contributed by atoms with Crippen LogP contribution in [0.15, 0.2) is 52.2 Å². The molecule has 3 heterocycles. The summed E-state index contributed by atoms with van der Waals surface area (Å²) >= 11 is 0. The summed E-state index contributed by atoms with van der Waals surface area (Å²) in [4.78, 5) is 27.3. The smallest absolute Gasteiger partial charge is 0.269 e. The lowest BCUT2D eigenvalue weighted by atomic mass is 10.1. The molecule has 0 aliphatic carbocycles. The van der Waals surface area contributed by atoms with Crippen LogP contribution in [-0.4, -0.2) is 40.5 Å². The molecular weight excluding hydrogens is 366 g/mol. The lowest BCUT2D eigenvalue weighted by Gasteiger charge is -2.28. The highest BCUT2D eigenvalue weighted by molar-refractivity contribution is 5.85. The Bertz CT molecular complexity index is 1070. The highest BCUT2D eigenvalue weighted by atomic mass is 35.5. The van der Waals surface area contributed by atoms with Crippen LogP contribution in [-0.2, 0) is 13.6 Å². The van der Waals surface area contributed by atoms with Crippen molar-refractivity contribution in [2.45, 2.75) is 6.54 Å². The van der Waals surface area contributed by atoms with Crippen molar-refractivity contribution in [1.82, 2.24) is 19.7 Å². The lowest BCUT2D eigenvalue weighted by Crippen LogP contribution is -2.44. The molecule has 0 bridgehead atoms. The minimum atomic E-state index is -0.198. The molecule has 1 saturated heterocycles. The van der Waals surface area contributed by atoms with Crippen molar-refractivity contribution in [3.8, 4) is 0 Å². The van der Waals surface area contributed by atoms with Crippen molar-refractivity contribution in [2.24, 2.45) is 7.05 Å². The van der Waals surface area contributed by atoms with Gasteiger partial charge in [0.2, 0.25) is 0 Å². The summed E-state index contributed by atoms with van der Waals surface area (Å²) < 4.78 is 2.96. The maximum atomic E-state index is 12.6. The van der Waals surface area contributed by atoms with Crippen LogP contribution in [0.3, 0.4) is 0 Å². The van der Waals surface area contributed by atoms with Gasteiger partial charge in [0, 0.05) is 44.9 Å². The van der Waals surface area contributed by atoms with E-state index in [2.05, 4.69) is 15.3 Å². The molecule has 4 rings (SSSR count). The zero-order valence-corrected chi connectivity index (χ0v) is 15.9. The summed E-state index contributed by atoms with van der Waals surface area (Å²) in [5.41, 5.74) is 1.95. The van der Waals surface area contributed by atoms with Crippen molar-refractivity contribution >= 4 is 29.0 Å². The molecule has 27 heavy (non-hydrogen) atoms. The molecule has 1 aromatic carbocycles. The number of anilines is 1. The number of rotatable bonds is 3. The third-order valence-corrected chi connectivity index (χ3v) is 4.86. The van der Waals surface area contributed by atoms with Crippen LogP contribution in [0.5, 0.6) is 0 Å². The van der Waals surface area contributed by atoms with Gasteiger partial charge in [0.05, 0.1) is 23.9 Å². The first-order valence-corrected chi connectivity index (χ1v) is 8.74. The van der Waals surface area contributed by atoms with Gasteiger partial charge in [-0.05, 0) is 17.5 Å². The van der Waals surface area contributed by atoms with Crippen molar-refractivity contribution < 1.29 is 0 Å². The highest BCUT2D eigenvalue weighted by Crippen LogP contribution is 2.13. The number of benzene rings is 1. The Morgan fingerprint density at radius 1 is 1.11 bits per heavy atom. The number of nitrogens with one attached hydrogen (secondary N) is 1. The molecule has 7 nitrogen and oxygen atoms in total. The highest BCUT2D eigenvalue weighted by Gasteiger charge is 2.13. The van der Waals surface area contributed by atoms with E-state index >= 15 is 0 Å². The number of pyridine rings is 1. The van der Waals surface area contributed by atoms with Gasteiger partial charge in [0.15, 0.2) is 0 Å². The summed E-state index contributed by atoms with van der Waals surface area (Å²) in [6, 6.07) is 11.2. The molecule has 3 aromatic rings. The summed E-state index contributed by atoms with van der Waals surface area (Å²) in [5.74, 6) is 0. The third kappa shape index (κ3) is 3.74. The van der Waals surface area contributed by atoms with Gasteiger partial charge in [0.25, 0.3) is 11.1 Å². The summed E-state index contributed by atoms with van der Waals surface area (Å²) in [6.45, 7) is 3.68. The van der Waals surface area contributed by atoms with E-state index in [1.807, 2.05) is 30.3 Å². The van der Waals surface area contributed by atoms with Crippen LogP contribution >= 0.6 is 12.4 Å². The van der Waals surface area contributed by atoms with E-state index in [0.29, 0.717) is 5.56 Å². The largest absolute Gasteiger partial charge is 0.368 e. The Morgan fingerprint density at radius 3 is 2.59 bits per heavy atom. The zero-order valence-electron chi connectivity index (χ0n) is 15.1. The number of para-hydroxylation sites is 1. The van der Waals surface area contributed by atoms with Gasteiger partial charge in [-0.25, -0.2) is 4.68 Å². The fraction of sp³-hybridized carbons (Fsp3) is 0.316. The summed E-state index contributed by atoms with van der Waals surface area (Å²) in [5, 5.41) is 8.55. The number of hydrogen-bond acceptors (Lipinski definition) is 5. The lowest BCUT2D eigenvalue weighted by molar-refractivity contribution is 0.581. The normalized spacial score (nSPS) is 14.2. The number of piperazine rings is 1. The molecule has 8 heteroatoms. The Kier molecular flexibility index (Phi) is 5.62. The van der Waals surface area contributed by atoms with Crippen LogP contribution < -0.4 is 21.3 Å². The number of nitrogens with zero attached hydrogens (tertiary/aromatic N) is 4. The second kappa shape index (κ2) is 7.94. The molecule has 0 unspecified atom stereocenters. The van der Waals surface area contributed by atoms with Gasteiger partial charge in [-0.3, -0.25) is 9.59 Å². The number of aromatic nitrogens is 3.